The number of carbonyl (C=O) groups excluding carboxylic acids is 3. The number of fused-ring (bicyclic) bond motifs is 1. The number of rotatable bonds is 3. The van der Waals surface area contributed by atoms with Crippen molar-refractivity contribution in [1.29, 1.82) is 0 Å². The molecule has 0 radical (unpaired) electrons. The number of primary amides is 1. The molecule has 3 N–H and O–H groups in total. The molecule has 1 unspecified atom stereocenters. The first-order valence-corrected chi connectivity index (χ1v) is 8.49. The molecule has 3 rings (SSSR count). The van der Waals surface area contributed by atoms with Crippen molar-refractivity contribution >= 4 is 46.3 Å². The number of carbonyl (C=O) groups is 3. The Hall–Kier alpha value is -2.45. The maximum atomic E-state index is 13.5. The van der Waals surface area contributed by atoms with Gasteiger partial charge < -0.3 is 16.0 Å². The maximum Gasteiger partial charge on any atom is 0.312 e. The Balaban J connectivity index is 2.01. The average Bonchev–Trinajstić information content (AvgIpc) is 2.97. The lowest BCUT2D eigenvalue weighted by Crippen LogP contribution is -2.52. The number of nitrogens with one attached hydrogen (secondary N) is 1. The second-order valence-corrected chi connectivity index (χ2v) is 6.91. The normalized spacial score (nSPS) is 16.5. The molecule has 2 aromatic rings. The standard InChI is InChI=1S/C16H13ClFN3O3S/c1-21-13-9(14(22)8-4-7(18)2-3-10(8)17)6-25-12(13)5-11(15(21)23)20-16(19)24/h2-4,6,11H,5H2,1H3,(H3,19,20,24). The van der Waals surface area contributed by atoms with Gasteiger partial charge in [-0.3, -0.25) is 9.59 Å². The summed E-state index contributed by atoms with van der Waals surface area (Å²) in [5.41, 5.74) is 5.83. The van der Waals surface area contributed by atoms with Gasteiger partial charge in [0.1, 0.15) is 11.9 Å². The summed E-state index contributed by atoms with van der Waals surface area (Å²) in [7, 11) is 1.51. The van der Waals surface area contributed by atoms with Crippen molar-refractivity contribution in [2.45, 2.75) is 12.5 Å². The van der Waals surface area contributed by atoms with Gasteiger partial charge in [-0.25, -0.2) is 9.18 Å². The Bertz CT molecular complexity index is 899. The number of amides is 3. The fourth-order valence-corrected chi connectivity index (χ4v) is 4.09. The molecule has 0 bridgehead atoms. The van der Waals surface area contributed by atoms with E-state index in [4.69, 9.17) is 17.3 Å². The van der Waals surface area contributed by atoms with E-state index in [2.05, 4.69) is 5.32 Å². The van der Waals surface area contributed by atoms with Crippen molar-refractivity contribution < 1.29 is 18.8 Å². The smallest absolute Gasteiger partial charge is 0.312 e. The first-order valence-electron chi connectivity index (χ1n) is 7.23. The zero-order valence-electron chi connectivity index (χ0n) is 13.0. The molecule has 1 aromatic heterocycles. The fourth-order valence-electron chi connectivity index (χ4n) is 2.78. The van der Waals surface area contributed by atoms with Crippen LogP contribution in [-0.2, 0) is 11.2 Å². The molecule has 0 saturated carbocycles. The Kier molecular flexibility index (Phi) is 4.49. The first kappa shape index (κ1) is 17.4. The summed E-state index contributed by atoms with van der Waals surface area (Å²) < 4.78 is 13.5. The van der Waals surface area contributed by atoms with Gasteiger partial charge in [0, 0.05) is 29.3 Å². The van der Waals surface area contributed by atoms with Gasteiger partial charge >= 0.3 is 6.03 Å². The zero-order valence-corrected chi connectivity index (χ0v) is 14.6. The minimum absolute atomic E-state index is 0.0282. The Morgan fingerprint density at radius 3 is 2.80 bits per heavy atom. The second kappa shape index (κ2) is 6.45. The van der Waals surface area contributed by atoms with E-state index in [1.807, 2.05) is 0 Å². The van der Waals surface area contributed by atoms with E-state index >= 15 is 0 Å². The van der Waals surface area contributed by atoms with Crippen LogP contribution < -0.4 is 16.0 Å². The highest BCUT2D eigenvalue weighted by Crippen LogP contribution is 2.38. The molecule has 25 heavy (non-hydrogen) atoms. The lowest BCUT2D eigenvalue weighted by atomic mass is 9.98. The van der Waals surface area contributed by atoms with Crippen molar-refractivity contribution in [3.05, 3.63) is 50.4 Å². The molecule has 3 amide bonds. The summed E-state index contributed by atoms with van der Waals surface area (Å²) in [6.45, 7) is 0. The number of nitrogens with two attached hydrogens (primary N) is 1. The molecule has 1 atom stereocenters. The van der Waals surface area contributed by atoms with Gasteiger partial charge in [-0.1, -0.05) is 11.6 Å². The molecule has 0 spiro atoms. The molecule has 1 aliphatic rings. The number of urea groups is 1. The van der Waals surface area contributed by atoms with Crippen LogP contribution in [0.2, 0.25) is 5.02 Å². The van der Waals surface area contributed by atoms with Crippen LogP contribution in [0.1, 0.15) is 20.8 Å². The molecule has 1 aliphatic heterocycles. The van der Waals surface area contributed by atoms with E-state index in [0.29, 0.717) is 5.69 Å². The number of hydrogen-bond donors (Lipinski definition) is 2. The van der Waals surface area contributed by atoms with Crippen LogP contribution in [0.3, 0.4) is 0 Å². The third-order valence-corrected chi connectivity index (χ3v) is 5.25. The summed E-state index contributed by atoms with van der Waals surface area (Å²) in [6.07, 6.45) is 0.232. The van der Waals surface area contributed by atoms with Crippen molar-refractivity contribution in [2.24, 2.45) is 5.73 Å². The van der Waals surface area contributed by atoms with Gasteiger partial charge in [-0.05, 0) is 18.2 Å². The van der Waals surface area contributed by atoms with E-state index in [9.17, 15) is 18.8 Å². The van der Waals surface area contributed by atoms with Crippen LogP contribution in [-0.4, -0.2) is 30.8 Å². The minimum atomic E-state index is -0.797. The number of thiophene rings is 1. The number of likely N-dealkylation sites (N-methyl/N-ethyl adjacent to an activating group) is 1. The number of ketones is 1. The molecular weight excluding hydrogens is 369 g/mol. The van der Waals surface area contributed by atoms with Gasteiger partial charge in [0.05, 0.1) is 16.3 Å². The van der Waals surface area contributed by atoms with Crippen LogP contribution in [0.25, 0.3) is 0 Å². The average molecular weight is 382 g/mol. The van der Waals surface area contributed by atoms with Crippen molar-refractivity contribution in [3.8, 4) is 0 Å². The number of benzene rings is 1. The largest absolute Gasteiger partial charge is 0.352 e. The number of hydrogen-bond acceptors (Lipinski definition) is 4. The summed E-state index contributed by atoms with van der Waals surface area (Å²) >= 11 is 7.29. The monoisotopic (exact) mass is 381 g/mol. The fraction of sp³-hybridized carbons (Fsp3) is 0.188. The van der Waals surface area contributed by atoms with Crippen LogP contribution >= 0.6 is 22.9 Å². The lowest BCUT2D eigenvalue weighted by Gasteiger charge is -2.30. The van der Waals surface area contributed by atoms with Crippen LogP contribution in [0.4, 0.5) is 14.9 Å². The van der Waals surface area contributed by atoms with E-state index < -0.39 is 23.7 Å². The van der Waals surface area contributed by atoms with Crippen molar-refractivity contribution in [1.82, 2.24) is 5.32 Å². The Labute approximate surface area is 151 Å². The molecule has 9 heteroatoms. The van der Waals surface area contributed by atoms with Crippen LogP contribution in [0.5, 0.6) is 0 Å². The van der Waals surface area contributed by atoms with E-state index in [1.165, 1.54) is 29.4 Å². The lowest BCUT2D eigenvalue weighted by molar-refractivity contribution is -0.120. The highest BCUT2D eigenvalue weighted by molar-refractivity contribution is 7.11. The van der Waals surface area contributed by atoms with Gasteiger partial charge in [-0.15, -0.1) is 11.3 Å². The topological polar surface area (TPSA) is 92.5 Å². The summed E-state index contributed by atoms with van der Waals surface area (Å²) in [4.78, 5) is 38.3. The van der Waals surface area contributed by atoms with Crippen LogP contribution in [0, 0.1) is 5.82 Å². The summed E-state index contributed by atoms with van der Waals surface area (Å²) in [5.74, 6) is -1.43. The molecule has 1 aromatic carbocycles. The molecule has 130 valence electrons. The van der Waals surface area contributed by atoms with Crippen LogP contribution in [0.15, 0.2) is 23.6 Å². The summed E-state index contributed by atoms with van der Waals surface area (Å²) in [5, 5.41) is 4.12. The molecule has 0 fully saturated rings. The molecule has 0 aliphatic carbocycles. The van der Waals surface area contributed by atoms with Gasteiger partial charge in [0.25, 0.3) is 0 Å². The second-order valence-electron chi connectivity index (χ2n) is 5.54. The first-order chi connectivity index (χ1) is 11.8. The third kappa shape index (κ3) is 3.10. The predicted octanol–water partition coefficient (Wildman–Crippen LogP) is 2.33. The maximum absolute atomic E-state index is 13.5. The molecule has 2 heterocycles. The quantitative estimate of drug-likeness (QED) is 0.799. The van der Waals surface area contributed by atoms with E-state index in [-0.39, 0.29) is 28.5 Å². The number of halogens is 2. The Morgan fingerprint density at radius 1 is 1.40 bits per heavy atom. The predicted molar refractivity (Wildman–Crippen MR) is 92.8 cm³/mol. The molecular formula is C16H13ClFN3O3S. The minimum Gasteiger partial charge on any atom is -0.352 e. The number of nitrogens with zero attached hydrogens (tertiary/aromatic N) is 1. The highest BCUT2D eigenvalue weighted by Gasteiger charge is 2.36. The van der Waals surface area contributed by atoms with Crippen molar-refractivity contribution in [3.63, 3.8) is 0 Å². The zero-order chi connectivity index (χ0) is 18.3. The SMILES string of the molecule is CN1C(=O)C(NC(N)=O)Cc2scc(C(=O)c3cc(F)ccc3Cl)c21. The van der Waals surface area contributed by atoms with E-state index in [1.54, 1.807) is 5.38 Å². The Morgan fingerprint density at radius 2 is 2.12 bits per heavy atom. The highest BCUT2D eigenvalue weighted by atomic mass is 35.5. The van der Waals surface area contributed by atoms with Gasteiger partial charge in [0.15, 0.2) is 5.78 Å². The third-order valence-electron chi connectivity index (χ3n) is 3.93. The number of anilines is 1. The summed E-state index contributed by atoms with van der Waals surface area (Å²) in [6, 6.07) is 1.96. The van der Waals surface area contributed by atoms with Gasteiger partial charge in [-0.2, -0.15) is 0 Å². The molecule has 6 nitrogen and oxygen atoms in total. The van der Waals surface area contributed by atoms with Crippen molar-refractivity contribution in [2.75, 3.05) is 11.9 Å². The molecule has 0 saturated heterocycles. The van der Waals surface area contributed by atoms with Gasteiger partial charge in [0.2, 0.25) is 5.91 Å². The van der Waals surface area contributed by atoms with E-state index in [0.717, 1.165) is 17.0 Å².